The summed E-state index contributed by atoms with van der Waals surface area (Å²) in [6.45, 7) is 0.692. The highest BCUT2D eigenvalue weighted by atomic mass is 35.5. The van der Waals surface area contributed by atoms with Crippen LogP contribution in [0.15, 0.2) is 24.5 Å². The smallest absolute Gasteiger partial charge is 0.413 e. The van der Waals surface area contributed by atoms with Crippen molar-refractivity contribution in [2.75, 3.05) is 13.7 Å². The van der Waals surface area contributed by atoms with Crippen molar-refractivity contribution in [3.63, 3.8) is 0 Å². The summed E-state index contributed by atoms with van der Waals surface area (Å²) in [6, 6.07) is 3.65. The van der Waals surface area contributed by atoms with Crippen molar-refractivity contribution >= 4 is 23.3 Å². The van der Waals surface area contributed by atoms with Crippen LogP contribution in [0.4, 0.5) is 4.79 Å². The van der Waals surface area contributed by atoms with Crippen molar-refractivity contribution in [3.8, 4) is 0 Å². The predicted octanol–water partition coefficient (Wildman–Crippen LogP) is 2.94. The summed E-state index contributed by atoms with van der Waals surface area (Å²) in [5, 5.41) is 0.468. The van der Waals surface area contributed by atoms with Crippen LogP contribution in [0.5, 0.6) is 0 Å². The molecule has 0 radical (unpaired) electrons. The molecule has 0 saturated carbocycles. The van der Waals surface area contributed by atoms with Gasteiger partial charge in [-0.1, -0.05) is 17.7 Å². The molecule has 2 heterocycles. The number of hydrogen-bond acceptors (Lipinski definition) is 3. The molecule has 1 aliphatic heterocycles. The van der Waals surface area contributed by atoms with Gasteiger partial charge in [0.05, 0.1) is 7.11 Å². The van der Waals surface area contributed by atoms with Gasteiger partial charge in [-0.3, -0.25) is 4.90 Å². The van der Waals surface area contributed by atoms with Gasteiger partial charge in [0.2, 0.25) is 0 Å². The fourth-order valence-electron chi connectivity index (χ4n) is 1.80. The first kappa shape index (κ1) is 11.9. The van der Waals surface area contributed by atoms with Crippen molar-refractivity contribution in [1.29, 1.82) is 0 Å². The number of rotatable bonds is 1. The van der Waals surface area contributed by atoms with Gasteiger partial charge < -0.3 is 4.74 Å². The number of carbonyl (C=O) groups is 1. The number of allylic oxidation sites excluding steroid dienone is 1. The van der Waals surface area contributed by atoms with E-state index in [1.54, 1.807) is 17.2 Å². The van der Waals surface area contributed by atoms with Crippen molar-refractivity contribution in [2.45, 2.75) is 12.8 Å². The minimum atomic E-state index is -0.330. The average molecular weight is 253 g/mol. The van der Waals surface area contributed by atoms with Crippen LogP contribution in [-0.4, -0.2) is 29.6 Å². The van der Waals surface area contributed by atoms with Gasteiger partial charge in [-0.05, 0) is 30.0 Å². The van der Waals surface area contributed by atoms with E-state index in [4.69, 9.17) is 16.3 Å². The summed E-state index contributed by atoms with van der Waals surface area (Å²) >= 11 is 5.74. The molecule has 0 unspecified atom stereocenters. The van der Waals surface area contributed by atoms with E-state index in [1.165, 1.54) is 7.11 Å². The first-order valence-corrected chi connectivity index (χ1v) is 5.75. The summed E-state index contributed by atoms with van der Waals surface area (Å²) in [5.41, 5.74) is 2.06. The van der Waals surface area contributed by atoms with Crippen LogP contribution >= 0.6 is 11.6 Å². The van der Waals surface area contributed by atoms with Gasteiger partial charge in [0, 0.05) is 18.9 Å². The third-order valence-electron chi connectivity index (χ3n) is 2.66. The second-order valence-corrected chi connectivity index (χ2v) is 4.18. The van der Waals surface area contributed by atoms with E-state index < -0.39 is 0 Å². The average Bonchev–Trinajstić information content (AvgIpc) is 2.39. The van der Waals surface area contributed by atoms with Gasteiger partial charge in [-0.15, -0.1) is 0 Å². The second kappa shape index (κ2) is 5.19. The lowest BCUT2D eigenvalue weighted by Crippen LogP contribution is -2.29. The van der Waals surface area contributed by atoms with Crippen molar-refractivity contribution in [1.82, 2.24) is 9.88 Å². The first-order valence-electron chi connectivity index (χ1n) is 5.38. The Morgan fingerprint density at radius 1 is 1.53 bits per heavy atom. The standard InChI is InChI=1S/C12H13ClN2O2/c1-17-12(16)15-6-2-3-10(8-15)9-4-5-11(13)14-7-9/h4-5,7-8H,2-3,6H2,1H3. The monoisotopic (exact) mass is 252 g/mol. The minimum Gasteiger partial charge on any atom is -0.452 e. The van der Waals surface area contributed by atoms with Crippen LogP contribution in [0.2, 0.25) is 5.15 Å². The zero-order valence-corrected chi connectivity index (χ0v) is 10.3. The number of nitrogens with zero attached hydrogens (tertiary/aromatic N) is 2. The highest BCUT2D eigenvalue weighted by molar-refractivity contribution is 6.29. The first-order chi connectivity index (χ1) is 8.20. The topological polar surface area (TPSA) is 42.4 Å². The van der Waals surface area contributed by atoms with Crippen molar-refractivity contribution in [2.24, 2.45) is 0 Å². The Bertz CT molecular complexity index is 442. The summed E-state index contributed by atoms with van der Waals surface area (Å²) in [5.74, 6) is 0. The molecule has 0 bridgehead atoms. The predicted molar refractivity (Wildman–Crippen MR) is 65.6 cm³/mol. The lowest BCUT2D eigenvalue weighted by atomic mass is 10.0. The van der Waals surface area contributed by atoms with E-state index in [2.05, 4.69) is 4.98 Å². The van der Waals surface area contributed by atoms with E-state index >= 15 is 0 Å². The number of hydrogen-bond donors (Lipinski definition) is 0. The highest BCUT2D eigenvalue weighted by Gasteiger charge is 2.17. The SMILES string of the molecule is COC(=O)N1C=C(c2ccc(Cl)nc2)CCC1. The lowest BCUT2D eigenvalue weighted by molar-refractivity contribution is 0.138. The Labute approximate surface area is 105 Å². The van der Waals surface area contributed by atoms with Crippen LogP contribution in [0.1, 0.15) is 18.4 Å². The molecule has 5 heteroatoms. The minimum absolute atomic E-state index is 0.330. The summed E-state index contributed by atoms with van der Waals surface area (Å²) in [4.78, 5) is 17.0. The molecule has 17 heavy (non-hydrogen) atoms. The molecule has 4 nitrogen and oxygen atoms in total. The van der Waals surface area contributed by atoms with E-state index in [0.29, 0.717) is 11.7 Å². The molecule has 0 aliphatic carbocycles. The van der Waals surface area contributed by atoms with Gasteiger partial charge >= 0.3 is 6.09 Å². The number of halogens is 1. The normalized spacial score (nSPS) is 15.4. The molecular weight excluding hydrogens is 240 g/mol. The van der Waals surface area contributed by atoms with Crippen LogP contribution in [-0.2, 0) is 4.74 Å². The third-order valence-corrected chi connectivity index (χ3v) is 2.89. The number of ether oxygens (including phenoxy) is 1. The van der Waals surface area contributed by atoms with Gasteiger partial charge in [-0.25, -0.2) is 9.78 Å². The van der Waals surface area contributed by atoms with Crippen LogP contribution in [0.3, 0.4) is 0 Å². The van der Waals surface area contributed by atoms with Crippen molar-refractivity contribution in [3.05, 3.63) is 35.2 Å². The molecule has 0 N–H and O–H groups in total. The Kier molecular flexibility index (Phi) is 3.64. The zero-order valence-electron chi connectivity index (χ0n) is 9.52. The molecule has 1 amide bonds. The maximum absolute atomic E-state index is 11.4. The van der Waals surface area contributed by atoms with Gasteiger partial charge in [-0.2, -0.15) is 0 Å². The molecule has 1 aromatic rings. The highest BCUT2D eigenvalue weighted by Crippen LogP contribution is 2.25. The quantitative estimate of drug-likeness (QED) is 0.722. The molecule has 90 valence electrons. The lowest BCUT2D eigenvalue weighted by Gasteiger charge is -2.23. The van der Waals surface area contributed by atoms with Crippen LogP contribution in [0, 0.1) is 0 Å². The Morgan fingerprint density at radius 3 is 3.00 bits per heavy atom. The van der Waals surface area contributed by atoms with E-state index in [0.717, 1.165) is 24.0 Å². The number of pyridine rings is 1. The number of carbonyl (C=O) groups excluding carboxylic acids is 1. The third kappa shape index (κ3) is 2.77. The number of methoxy groups -OCH3 is 1. The number of amides is 1. The maximum atomic E-state index is 11.4. The molecule has 0 atom stereocenters. The zero-order chi connectivity index (χ0) is 12.3. The molecule has 0 spiro atoms. The summed E-state index contributed by atoms with van der Waals surface area (Å²) in [7, 11) is 1.38. The number of aromatic nitrogens is 1. The van der Waals surface area contributed by atoms with Crippen LogP contribution in [0.25, 0.3) is 5.57 Å². The largest absolute Gasteiger partial charge is 0.452 e. The summed E-state index contributed by atoms with van der Waals surface area (Å²) < 4.78 is 4.70. The molecule has 1 aliphatic rings. The fourth-order valence-corrected chi connectivity index (χ4v) is 1.91. The molecule has 1 aromatic heterocycles. The fraction of sp³-hybridized carbons (Fsp3) is 0.333. The molecule has 0 fully saturated rings. The molecule has 2 rings (SSSR count). The maximum Gasteiger partial charge on any atom is 0.413 e. The van der Waals surface area contributed by atoms with Crippen molar-refractivity contribution < 1.29 is 9.53 Å². The molecule has 0 aromatic carbocycles. The van der Waals surface area contributed by atoms with E-state index in [-0.39, 0.29) is 6.09 Å². The Morgan fingerprint density at radius 2 is 2.35 bits per heavy atom. The molecule has 0 saturated heterocycles. The second-order valence-electron chi connectivity index (χ2n) is 3.79. The molecular formula is C12H13ClN2O2. The Hall–Kier alpha value is -1.55. The van der Waals surface area contributed by atoms with Gasteiger partial charge in [0.15, 0.2) is 0 Å². The van der Waals surface area contributed by atoms with Gasteiger partial charge in [0.25, 0.3) is 0 Å². The van der Waals surface area contributed by atoms with Gasteiger partial charge in [0.1, 0.15) is 5.15 Å². The Balaban J connectivity index is 2.23. The van der Waals surface area contributed by atoms with E-state index in [9.17, 15) is 4.79 Å². The van der Waals surface area contributed by atoms with Crippen LogP contribution < -0.4 is 0 Å². The van der Waals surface area contributed by atoms with E-state index in [1.807, 2.05) is 12.3 Å². The summed E-state index contributed by atoms with van der Waals surface area (Å²) in [6.07, 6.45) is 5.05.